The second-order valence-corrected chi connectivity index (χ2v) is 6.65. The first kappa shape index (κ1) is 16.6. The van der Waals surface area contributed by atoms with Crippen LogP contribution in [0, 0.1) is 0 Å². The third kappa shape index (κ3) is 4.59. The minimum atomic E-state index is -1.00. The highest BCUT2D eigenvalue weighted by Crippen LogP contribution is 2.25. The lowest BCUT2D eigenvalue weighted by atomic mass is 9.98. The highest BCUT2D eigenvalue weighted by Gasteiger charge is 2.24. The fraction of sp³-hybridized carbons (Fsp3) is 0.643. The van der Waals surface area contributed by atoms with Gasteiger partial charge in [0.1, 0.15) is 11.7 Å². The smallest absolute Gasteiger partial charge is 0.326 e. The molecule has 1 atom stereocenters. The predicted molar refractivity (Wildman–Crippen MR) is 79.2 cm³/mol. The number of hydrogen-bond donors (Lipinski definition) is 2. The van der Waals surface area contributed by atoms with Gasteiger partial charge in [-0.05, 0) is 6.42 Å². The number of nitrogens with one attached hydrogen (secondary N) is 1. The number of unbranched alkanes of at least 4 members (excludes halogenated alkanes) is 1. The minimum Gasteiger partial charge on any atom is -0.480 e. The molecule has 6 heteroatoms. The molecular formula is C14H22N2O3S. The van der Waals surface area contributed by atoms with Crippen LogP contribution >= 0.6 is 11.3 Å². The molecule has 1 heterocycles. The van der Waals surface area contributed by atoms with E-state index < -0.39 is 17.9 Å². The summed E-state index contributed by atoms with van der Waals surface area (Å²) in [6.45, 7) is 8.05. The third-order valence-corrected chi connectivity index (χ3v) is 4.10. The van der Waals surface area contributed by atoms with E-state index in [1.54, 1.807) is 5.38 Å². The topological polar surface area (TPSA) is 79.3 Å². The summed E-state index contributed by atoms with van der Waals surface area (Å²) < 4.78 is 0. The summed E-state index contributed by atoms with van der Waals surface area (Å²) in [5.74, 6) is -1.42. The Morgan fingerprint density at radius 3 is 2.55 bits per heavy atom. The van der Waals surface area contributed by atoms with Gasteiger partial charge >= 0.3 is 5.97 Å². The van der Waals surface area contributed by atoms with E-state index in [1.807, 2.05) is 27.7 Å². The Bertz CT molecular complexity index is 477. The molecule has 1 aromatic heterocycles. The monoisotopic (exact) mass is 298 g/mol. The second-order valence-electron chi connectivity index (χ2n) is 5.79. The summed E-state index contributed by atoms with van der Waals surface area (Å²) in [7, 11) is 0. The van der Waals surface area contributed by atoms with Crippen molar-refractivity contribution in [3.8, 4) is 0 Å². The van der Waals surface area contributed by atoms with E-state index >= 15 is 0 Å². The molecule has 112 valence electrons. The number of aliphatic carboxylic acids is 1. The molecule has 0 aliphatic rings. The number of rotatable bonds is 6. The van der Waals surface area contributed by atoms with Crippen LogP contribution in [0.2, 0.25) is 0 Å². The van der Waals surface area contributed by atoms with E-state index in [-0.39, 0.29) is 5.41 Å². The lowest BCUT2D eigenvalue weighted by molar-refractivity contribution is -0.139. The van der Waals surface area contributed by atoms with Crippen molar-refractivity contribution in [1.29, 1.82) is 0 Å². The Morgan fingerprint density at radius 1 is 1.45 bits per heavy atom. The van der Waals surface area contributed by atoms with E-state index in [0.29, 0.717) is 12.1 Å². The SMILES string of the molecule is CCCC[C@H](NC(=O)c1csc(C(C)(C)C)n1)C(=O)O. The number of carbonyl (C=O) groups is 2. The van der Waals surface area contributed by atoms with E-state index in [1.165, 1.54) is 11.3 Å². The molecule has 0 spiro atoms. The van der Waals surface area contributed by atoms with Gasteiger partial charge in [0.05, 0.1) is 5.01 Å². The molecule has 1 aromatic rings. The number of thiazole rings is 1. The van der Waals surface area contributed by atoms with Gasteiger partial charge in [-0.1, -0.05) is 40.5 Å². The Labute approximate surface area is 123 Å². The Balaban J connectivity index is 2.74. The van der Waals surface area contributed by atoms with Crippen molar-refractivity contribution in [3.63, 3.8) is 0 Å². The van der Waals surface area contributed by atoms with Gasteiger partial charge in [0.2, 0.25) is 0 Å². The first-order chi connectivity index (χ1) is 9.25. The number of carboxylic acids is 1. The van der Waals surface area contributed by atoms with Gasteiger partial charge in [-0.25, -0.2) is 9.78 Å². The second kappa shape index (κ2) is 6.83. The van der Waals surface area contributed by atoms with Crippen LogP contribution in [0.1, 0.15) is 62.5 Å². The maximum absolute atomic E-state index is 12.0. The number of carboxylic acid groups (broad SMARTS) is 1. The normalized spacial score (nSPS) is 13.0. The average Bonchev–Trinajstić information content (AvgIpc) is 2.83. The number of carbonyl (C=O) groups excluding carboxylic acids is 1. The molecule has 0 radical (unpaired) electrons. The average molecular weight is 298 g/mol. The van der Waals surface area contributed by atoms with Crippen molar-refractivity contribution in [2.45, 2.75) is 58.4 Å². The van der Waals surface area contributed by atoms with Crippen molar-refractivity contribution in [2.75, 3.05) is 0 Å². The zero-order valence-corrected chi connectivity index (χ0v) is 13.2. The molecule has 0 saturated carbocycles. The number of hydrogen-bond acceptors (Lipinski definition) is 4. The van der Waals surface area contributed by atoms with Gasteiger partial charge in [-0.2, -0.15) is 0 Å². The first-order valence-corrected chi connectivity index (χ1v) is 7.63. The van der Waals surface area contributed by atoms with Crippen molar-refractivity contribution in [2.24, 2.45) is 0 Å². The van der Waals surface area contributed by atoms with Crippen molar-refractivity contribution in [3.05, 3.63) is 16.1 Å². The van der Waals surface area contributed by atoms with Crippen LogP contribution in [0.15, 0.2) is 5.38 Å². The van der Waals surface area contributed by atoms with Crippen LogP contribution in [0.25, 0.3) is 0 Å². The Hall–Kier alpha value is -1.43. The fourth-order valence-corrected chi connectivity index (χ4v) is 2.51. The molecule has 1 amide bonds. The highest BCUT2D eigenvalue weighted by molar-refractivity contribution is 7.10. The van der Waals surface area contributed by atoms with Gasteiger partial charge in [0.15, 0.2) is 0 Å². The van der Waals surface area contributed by atoms with Crippen LogP contribution < -0.4 is 5.32 Å². The molecule has 20 heavy (non-hydrogen) atoms. The molecule has 0 aliphatic heterocycles. The fourth-order valence-electron chi connectivity index (χ4n) is 1.62. The van der Waals surface area contributed by atoms with Gasteiger partial charge in [0, 0.05) is 10.8 Å². The standard InChI is InChI=1S/C14H22N2O3S/c1-5-6-7-9(12(18)19)15-11(17)10-8-20-13(16-10)14(2,3)4/h8-9H,5-7H2,1-4H3,(H,15,17)(H,18,19)/t9-/m0/s1. The molecule has 0 aliphatic carbocycles. The van der Waals surface area contributed by atoms with Crippen LogP contribution in [-0.4, -0.2) is 28.0 Å². The van der Waals surface area contributed by atoms with E-state index in [0.717, 1.165) is 17.8 Å². The number of nitrogens with zero attached hydrogens (tertiary/aromatic N) is 1. The minimum absolute atomic E-state index is 0.113. The Kier molecular flexibility index (Phi) is 5.68. The Morgan fingerprint density at radius 2 is 2.10 bits per heavy atom. The summed E-state index contributed by atoms with van der Waals surface area (Å²) in [5, 5.41) is 14.2. The van der Waals surface area contributed by atoms with Crippen molar-refractivity contribution in [1.82, 2.24) is 10.3 Å². The zero-order valence-electron chi connectivity index (χ0n) is 12.4. The molecule has 2 N–H and O–H groups in total. The number of amides is 1. The third-order valence-electron chi connectivity index (χ3n) is 2.83. The lowest BCUT2D eigenvalue weighted by Gasteiger charge is -2.14. The van der Waals surface area contributed by atoms with E-state index in [4.69, 9.17) is 5.11 Å². The summed E-state index contributed by atoms with van der Waals surface area (Å²) in [6, 6.07) is -0.845. The van der Waals surface area contributed by atoms with E-state index in [2.05, 4.69) is 10.3 Å². The quantitative estimate of drug-likeness (QED) is 0.846. The van der Waals surface area contributed by atoms with Crippen molar-refractivity contribution < 1.29 is 14.7 Å². The molecule has 1 rings (SSSR count). The molecule has 0 fully saturated rings. The summed E-state index contributed by atoms with van der Waals surface area (Å²) >= 11 is 1.42. The van der Waals surface area contributed by atoms with Crippen molar-refractivity contribution >= 4 is 23.2 Å². The van der Waals surface area contributed by atoms with Crippen LogP contribution in [-0.2, 0) is 10.2 Å². The van der Waals surface area contributed by atoms with Gasteiger partial charge < -0.3 is 10.4 Å². The maximum atomic E-state index is 12.0. The number of aromatic nitrogens is 1. The largest absolute Gasteiger partial charge is 0.480 e. The molecule has 0 unspecified atom stereocenters. The highest BCUT2D eigenvalue weighted by atomic mass is 32.1. The molecule has 5 nitrogen and oxygen atoms in total. The summed E-state index contributed by atoms with van der Waals surface area (Å²) in [4.78, 5) is 27.4. The summed E-state index contributed by atoms with van der Waals surface area (Å²) in [6.07, 6.45) is 2.10. The van der Waals surface area contributed by atoms with Gasteiger partial charge in [0.25, 0.3) is 5.91 Å². The van der Waals surface area contributed by atoms with Crippen LogP contribution in [0.3, 0.4) is 0 Å². The van der Waals surface area contributed by atoms with Gasteiger partial charge in [-0.3, -0.25) is 4.79 Å². The lowest BCUT2D eigenvalue weighted by Crippen LogP contribution is -2.40. The maximum Gasteiger partial charge on any atom is 0.326 e. The van der Waals surface area contributed by atoms with Gasteiger partial charge in [-0.15, -0.1) is 11.3 Å². The molecule has 0 bridgehead atoms. The zero-order chi connectivity index (χ0) is 15.3. The predicted octanol–water partition coefficient (Wildman–Crippen LogP) is 2.81. The molecule has 0 saturated heterocycles. The first-order valence-electron chi connectivity index (χ1n) is 6.75. The van der Waals surface area contributed by atoms with E-state index in [9.17, 15) is 9.59 Å². The van der Waals surface area contributed by atoms with Crippen LogP contribution in [0.5, 0.6) is 0 Å². The molecule has 0 aromatic carbocycles. The van der Waals surface area contributed by atoms with Crippen LogP contribution in [0.4, 0.5) is 0 Å². The summed E-state index contributed by atoms with van der Waals surface area (Å²) in [5.41, 5.74) is 0.181. The molecular weight excluding hydrogens is 276 g/mol.